The van der Waals surface area contributed by atoms with E-state index in [4.69, 9.17) is 16.6 Å². The van der Waals surface area contributed by atoms with E-state index >= 15 is 0 Å². The maximum absolute atomic E-state index is 6.24. The lowest BCUT2D eigenvalue weighted by molar-refractivity contribution is -0.491. The van der Waals surface area contributed by atoms with Gasteiger partial charge in [0.15, 0.2) is 0 Å². The van der Waals surface area contributed by atoms with Crippen LogP contribution >= 0.6 is 11.6 Å². The van der Waals surface area contributed by atoms with E-state index in [9.17, 15) is 0 Å². The third kappa shape index (κ3) is 2.12. The first-order valence-electron chi connectivity index (χ1n) is 7.24. The molecule has 2 aromatic rings. The van der Waals surface area contributed by atoms with Crippen molar-refractivity contribution in [2.75, 3.05) is 13.6 Å². The van der Waals surface area contributed by atoms with Crippen LogP contribution in [0.5, 0.6) is 0 Å². The number of hydrazine groups is 1. The Morgan fingerprint density at radius 1 is 1.23 bits per heavy atom. The van der Waals surface area contributed by atoms with Gasteiger partial charge in [-0.3, -0.25) is 4.99 Å². The zero-order valence-electron chi connectivity index (χ0n) is 12.2. The molecule has 22 heavy (non-hydrogen) atoms. The molecular weight excluding hydrogens is 296 g/mol. The normalized spacial score (nSPS) is 20.4. The Labute approximate surface area is 134 Å². The number of aliphatic imine (C=N–C) groups is 1. The maximum Gasteiger partial charge on any atom is 0.257 e. The van der Waals surface area contributed by atoms with Crippen molar-refractivity contribution >= 4 is 29.3 Å². The lowest BCUT2D eigenvalue weighted by Gasteiger charge is -2.14. The standard InChI is InChI=1S/C17H15ClN4/c1-21-16-10-19-17(12-5-3-2-4-6-12)14-9-13(18)7-8-15(14)22(16)11-20-21/h2-9,11,16H,10H2,1H3/p+1. The lowest BCUT2D eigenvalue weighted by Crippen LogP contribution is -2.39. The van der Waals surface area contributed by atoms with Crippen LogP contribution in [0.1, 0.15) is 11.1 Å². The zero-order valence-corrected chi connectivity index (χ0v) is 13.0. The number of hydrogen-bond donors (Lipinski definition) is 1. The van der Waals surface area contributed by atoms with Crippen molar-refractivity contribution in [1.29, 1.82) is 0 Å². The quantitative estimate of drug-likeness (QED) is 0.821. The van der Waals surface area contributed by atoms with Gasteiger partial charge in [-0.2, -0.15) is 5.43 Å². The number of fused-ring (bicyclic) bond motifs is 3. The molecule has 110 valence electrons. The molecule has 0 amide bonds. The fourth-order valence-electron chi connectivity index (χ4n) is 2.98. The van der Waals surface area contributed by atoms with Crippen LogP contribution in [-0.4, -0.2) is 41.4 Å². The van der Waals surface area contributed by atoms with Gasteiger partial charge in [-0.05, 0) is 18.2 Å². The second-order valence-electron chi connectivity index (χ2n) is 5.47. The van der Waals surface area contributed by atoms with Crippen molar-refractivity contribution in [3.05, 3.63) is 64.7 Å². The van der Waals surface area contributed by atoms with E-state index in [0.717, 1.165) is 27.5 Å². The highest BCUT2D eigenvalue weighted by Gasteiger charge is 2.35. The fraction of sp³-hybridized carbons (Fsp3) is 0.176. The topological polar surface area (TPSA) is 30.6 Å². The first kappa shape index (κ1) is 13.5. The highest BCUT2D eigenvalue weighted by molar-refractivity contribution is 6.31. The minimum Gasteiger partial charge on any atom is -0.278 e. The van der Waals surface area contributed by atoms with Crippen LogP contribution in [0.4, 0.5) is 5.69 Å². The molecule has 1 N–H and O–H groups in total. The van der Waals surface area contributed by atoms with E-state index in [1.807, 2.05) is 43.7 Å². The Balaban J connectivity index is 1.94. The molecule has 0 radical (unpaired) electrons. The highest BCUT2D eigenvalue weighted by atomic mass is 35.5. The summed E-state index contributed by atoms with van der Waals surface area (Å²) < 4.78 is 2.21. The second-order valence-corrected chi connectivity index (χ2v) is 5.91. The van der Waals surface area contributed by atoms with E-state index in [2.05, 4.69) is 33.2 Å². The van der Waals surface area contributed by atoms with Gasteiger partial charge in [0.25, 0.3) is 6.34 Å². The predicted octanol–water partition coefficient (Wildman–Crippen LogP) is 2.64. The summed E-state index contributed by atoms with van der Waals surface area (Å²) in [5.41, 5.74) is 7.52. The molecule has 2 aromatic carbocycles. The molecule has 2 aliphatic heterocycles. The van der Waals surface area contributed by atoms with Gasteiger partial charge < -0.3 is 0 Å². The molecule has 0 fully saturated rings. The second kappa shape index (κ2) is 5.23. The van der Waals surface area contributed by atoms with Crippen molar-refractivity contribution in [2.24, 2.45) is 4.99 Å². The van der Waals surface area contributed by atoms with E-state index in [-0.39, 0.29) is 6.17 Å². The SMILES string of the molecule is CN1NC=[N+]2c3ccc(Cl)cc3C(c3ccccc3)=NCC12. The molecule has 1 atom stereocenters. The van der Waals surface area contributed by atoms with Gasteiger partial charge in [0.1, 0.15) is 5.69 Å². The van der Waals surface area contributed by atoms with E-state index in [0.29, 0.717) is 6.54 Å². The fourth-order valence-corrected chi connectivity index (χ4v) is 3.15. The molecule has 2 heterocycles. The van der Waals surface area contributed by atoms with Crippen LogP contribution in [0.15, 0.2) is 53.5 Å². The Hall–Kier alpha value is -2.17. The molecule has 0 saturated carbocycles. The van der Waals surface area contributed by atoms with Crippen LogP contribution in [0.2, 0.25) is 5.02 Å². The van der Waals surface area contributed by atoms with Crippen molar-refractivity contribution in [3.63, 3.8) is 0 Å². The number of halogens is 1. The van der Waals surface area contributed by atoms with Crippen LogP contribution < -0.4 is 5.43 Å². The summed E-state index contributed by atoms with van der Waals surface area (Å²) in [7, 11) is 2.03. The Kier molecular flexibility index (Phi) is 3.21. The third-order valence-corrected chi connectivity index (χ3v) is 4.36. The molecule has 0 saturated heterocycles. The Morgan fingerprint density at radius 2 is 2.05 bits per heavy atom. The van der Waals surface area contributed by atoms with E-state index < -0.39 is 0 Å². The Morgan fingerprint density at radius 3 is 2.86 bits per heavy atom. The number of benzene rings is 2. The van der Waals surface area contributed by atoms with Crippen LogP contribution in [0, 0.1) is 0 Å². The number of nitrogens with one attached hydrogen (secondary N) is 1. The molecule has 2 aliphatic rings. The Bertz CT molecular complexity index is 783. The first-order chi connectivity index (χ1) is 10.7. The van der Waals surface area contributed by atoms with Gasteiger partial charge in [0, 0.05) is 23.2 Å². The number of likely N-dealkylation sites (N-methyl/N-ethyl adjacent to an activating group) is 1. The number of hydrogen-bond acceptors (Lipinski definition) is 3. The third-order valence-electron chi connectivity index (χ3n) is 4.12. The minimum atomic E-state index is 0.168. The van der Waals surface area contributed by atoms with Gasteiger partial charge in [-0.1, -0.05) is 41.9 Å². The molecule has 0 aromatic heterocycles. The van der Waals surface area contributed by atoms with Crippen molar-refractivity contribution in [2.45, 2.75) is 6.17 Å². The maximum atomic E-state index is 6.24. The summed E-state index contributed by atoms with van der Waals surface area (Å²) in [5, 5.41) is 2.79. The first-order valence-corrected chi connectivity index (χ1v) is 7.62. The predicted molar refractivity (Wildman–Crippen MR) is 89.1 cm³/mol. The largest absolute Gasteiger partial charge is 0.278 e. The van der Waals surface area contributed by atoms with Crippen LogP contribution in [0.25, 0.3) is 0 Å². The summed E-state index contributed by atoms with van der Waals surface area (Å²) in [6, 6.07) is 16.3. The van der Waals surface area contributed by atoms with E-state index in [1.165, 1.54) is 0 Å². The van der Waals surface area contributed by atoms with Gasteiger partial charge in [-0.25, -0.2) is 4.58 Å². The van der Waals surface area contributed by atoms with Crippen LogP contribution in [0.3, 0.4) is 0 Å². The van der Waals surface area contributed by atoms with Gasteiger partial charge in [0.05, 0.1) is 12.3 Å². The van der Waals surface area contributed by atoms with Crippen LogP contribution in [-0.2, 0) is 0 Å². The summed E-state index contributed by atoms with van der Waals surface area (Å²) >= 11 is 6.24. The lowest BCUT2D eigenvalue weighted by atomic mass is 10.0. The molecule has 4 rings (SSSR count). The molecular formula is C17H16ClN4+. The molecule has 5 heteroatoms. The minimum absolute atomic E-state index is 0.168. The van der Waals surface area contributed by atoms with Gasteiger partial charge in [0.2, 0.25) is 6.17 Å². The van der Waals surface area contributed by atoms with Gasteiger partial charge in [-0.15, -0.1) is 5.01 Å². The molecule has 0 aliphatic carbocycles. The van der Waals surface area contributed by atoms with Crippen molar-refractivity contribution < 1.29 is 4.58 Å². The van der Waals surface area contributed by atoms with E-state index in [1.54, 1.807) is 0 Å². The summed E-state index contributed by atoms with van der Waals surface area (Å²) in [4.78, 5) is 4.88. The highest BCUT2D eigenvalue weighted by Crippen LogP contribution is 2.30. The van der Waals surface area contributed by atoms with Gasteiger partial charge >= 0.3 is 0 Å². The average Bonchev–Trinajstić information content (AvgIpc) is 2.82. The summed E-state index contributed by atoms with van der Waals surface area (Å²) in [5.74, 6) is 0. The average molecular weight is 312 g/mol. The number of nitrogens with zero attached hydrogens (tertiary/aromatic N) is 3. The smallest absolute Gasteiger partial charge is 0.257 e. The summed E-state index contributed by atoms with van der Waals surface area (Å²) in [6.45, 7) is 0.691. The zero-order chi connectivity index (χ0) is 15.1. The molecule has 1 unspecified atom stereocenters. The monoisotopic (exact) mass is 311 g/mol. The van der Waals surface area contributed by atoms with Crippen molar-refractivity contribution in [1.82, 2.24) is 10.4 Å². The molecule has 4 nitrogen and oxygen atoms in total. The summed E-state index contributed by atoms with van der Waals surface area (Å²) in [6.07, 6.45) is 2.15. The number of rotatable bonds is 1. The molecule has 0 spiro atoms. The molecule has 0 bridgehead atoms. The van der Waals surface area contributed by atoms with Crippen molar-refractivity contribution in [3.8, 4) is 0 Å².